The lowest BCUT2D eigenvalue weighted by Gasteiger charge is -2.25. The second-order valence-electron chi connectivity index (χ2n) is 6.05. The standard InChI is InChI=1S/C13H25N3/c1-16(9-11-4-2-3-5-11)10-13(6-7-13)8-12(14)15/h11H,2-10H2,1H3,(H3,14,15). The highest BCUT2D eigenvalue weighted by Gasteiger charge is 2.43. The van der Waals surface area contributed by atoms with E-state index in [0.717, 1.165) is 18.9 Å². The molecule has 0 atom stereocenters. The summed E-state index contributed by atoms with van der Waals surface area (Å²) in [6.07, 6.45) is 9.04. The summed E-state index contributed by atoms with van der Waals surface area (Å²) in [7, 11) is 2.23. The van der Waals surface area contributed by atoms with Crippen molar-refractivity contribution < 1.29 is 0 Å². The van der Waals surface area contributed by atoms with Gasteiger partial charge in [0, 0.05) is 19.5 Å². The molecule has 0 amide bonds. The Labute approximate surface area is 98.9 Å². The molecule has 0 spiro atoms. The van der Waals surface area contributed by atoms with Gasteiger partial charge < -0.3 is 10.6 Å². The minimum absolute atomic E-state index is 0.367. The fourth-order valence-corrected chi connectivity index (χ4v) is 3.24. The van der Waals surface area contributed by atoms with Crippen LogP contribution in [0.5, 0.6) is 0 Å². The molecular formula is C13H25N3. The first-order chi connectivity index (χ1) is 7.60. The summed E-state index contributed by atoms with van der Waals surface area (Å²) in [6, 6.07) is 0. The first-order valence-corrected chi connectivity index (χ1v) is 6.61. The molecule has 0 aromatic carbocycles. The molecule has 0 unspecified atom stereocenters. The van der Waals surface area contributed by atoms with Gasteiger partial charge in [-0.2, -0.15) is 0 Å². The third-order valence-electron chi connectivity index (χ3n) is 4.17. The van der Waals surface area contributed by atoms with E-state index >= 15 is 0 Å². The number of nitrogens with zero attached hydrogens (tertiary/aromatic N) is 1. The average Bonchev–Trinajstić information content (AvgIpc) is 2.74. The maximum atomic E-state index is 7.42. The lowest BCUT2D eigenvalue weighted by molar-refractivity contribution is 0.230. The molecule has 3 heteroatoms. The Hall–Kier alpha value is -0.570. The number of hydrogen-bond acceptors (Lipinski definition) is 2. The van der Waals surface area contributed by atoms with Crippen LogP contribution in [0.25, 0.3) is 0 Å². The van der Waals surface area contributed by atoms with E-state index in [1.54, 1.807) is 0 Å². The minimum Gasteiger partial charge on any atom is -0.388 e. The summed E-state index contributed by atoms with van der Waals surface area (Å²) in [5.74, 6) is 1.30. The van der Waals surface area contributed by atoms with Crippen molar-refractivity contribution in [3.05, 3.63) is 0 Å². The normalized spacial score (nSPS) is 23.9. The van der Waals surface area contributed by atoms with Crippen LogP contribution in [0.15, 0.2) is 0 Å². The third-order valence-corrected chi connectivity index (χ3v) is 4.17. The lowest BCUT2D eigenvalue weighted by Crippen LogP contribution is -2.32. The van der Waals surface area contributed by atoms with Gasteiger partial charge in [0.1, 0.15) is 0 Å². The highest BCUT2D eigenvalue weighted by Crippen LogP contribution is 2.49. The molecule has 0 radical (unpaired) electrons. The van der Waals surface area contributed by atoms with Crippen LogP contribution in [0.3, 0.4) is 0 Å². The average molecular weight is 223 g/mol. The van der Waals surface area contributed by atoms with Crippen molar-refractivity contribution in [2.45, 2.75) is 44.9 Å². The highest BCUT2D eigenvalue weighted by atomic mass is 15.1. The molecule has 92 valence electrons. The van der Waals surface area contributed by atoms with Crippen molar-refractivity contribution in [1.29, 1.82) is 5.41 Å². The molecule has 3 nitrogen and oxygen atoms in total. The van der Waals surface area contributed by atoms with Gasteiger partial charge in [0.25, 0.3) is 0 Å². The van der Waals surface area contributed by atoms with Crippen LogP contribution >= 0.6 is 0 Å². The van der Waals surface area contributed by atoms with Crippen LogP contribution in [0, 0.1) is 16.7 Å². The topological polar surface area (TPSA) is 53.1 Å². The molecule has 0 heterocycles. The first-order valence-electron chi connectivity index (χ1n) is 6.61. The van der Waals surface area contributed by atoms with Crippen molar-refractivity contribution in [1.82, 2.24) is 4.90 Å². The molecule has 2 fully saturated rings. The van der Waals surface area contributed by atoms with Crippen LogP contribution in [-0.4, -0.2) is 30.9 Å². The second kappa shape index (κ2) is 4.74. The Morgan fingerprint density at radius 1 is 1.38 bits per heavy atom. The van der Waals surface area contributed by atoms with E-state index in [1.807, 2.05) is 0 Å². The molecule has 2 aliphatic rings. The second-order valence-corrected chi connectivity index (χ2v) is 6.05. The molecule has 0 aliphatic heterocycles. The van der Waals surface area contributed by atoms with Gasteiger partial charge in [-0.15, -0.1) is 0 Å². The van der Waals surface area contributed by atoms with Gasteiger partial charge in [-0.05, 0) is 44.1 Å². The first kappa shape index (κ1) is 11.9. The Kier molecular flexibility index (Phi) is 3.53. The third kappa shape index (κ3) is 3.21. The smallest absolute Gasteiger partial charge is 0.0911 e. The number of hydrogen-bond donors (Lipinski definition) is 2. The Morgan fingerprint density at radius 3 is 2.50 bits per heavy atom. The molecule has 3 N–H and O–H groups in total. The van der Waals surface area contributed by atoms with E-state index in [9.17, 15) is 0 Å². The van der Waals surface area contributed by atoms with Crippen LogP contribution in [0.1, 0.15) is 44.9 Å². The summed E-state index contributed by atoms with van der Waals surface area (Å²) in [4.78, 5) is 2.48. The van der Waals surface area contributed by atoms with E-state index in [-0.39, 0.29) is 0 Å². The summed E-state index contributed by atoms with van der Waals surface area (Å²) in [5.41, 5.74) is 5.90. The van der Waals surface area contributed by atoms with Crippen LogP contribution in [0.4, 0.5) is 0 Å². The van der Waals surface area contributed by atoms with Gasteiger partial charge >= 0.3 is 0 Å². The Bertz CT molecular complexity index is 252. The predicted octanol–water partition coefficient (Wildman–Crippen LogP) is 2.21. The lowest BCUT2D eigenvalue weighted by atomic mass is 10.00. The van der Waals surface area contributed by atoms with Gasteiger partial charge in [0.2, 0.25) is 0 Å². The summed E-state index contributed by atoms with van der Waals surface area (Å²) in [5, 5.41) is 7.42. The summed E-state index contributed by atoms with van der Waals surface area (Å²) in [6.45, 7) is 2.39. The van der Waals surface area contributed by atoms with Gasteiger partial charge in [0.05, 0.1) is 5.84 Å². The van der Waals surface area contributed by atoms with E-state index < -0.39 is 0 Å². The fourth-order valence-electron chi connectivity index (χ4n) is 3.24. The zero-order valence-electron chi connectivity index (χ0n) is 10.5. The van der Waals surface area contributed by atoms with Crippen LogP contribution in [-0.2, 0) is 0 Å². The van der Waals surface area contributed by atoms with Gasteiger partial charge in [-0.25, -0.2) is 0 Å². The maximum absolute atomic E-state index is 7.42. The zero-order chi connectivity index (χ0) is 11.6. The zero-order valence-corrected chi connectivity index (χ0v) is 10.5. The maximum Gasteiger partial charge on any atom is 0.0911 e. The van der Waals surface area contributed by atoms with Crippen molar-refractivity contribution >= 4 is 5.84 Å². The number of nitrogens with one attached hydrogen (secondary N) is 1. The highest BCUT2D eigenvalue weighted by molar-refractivity contribution is 5.78. The number of amidine groups is 1. The van der Waals surface area contributed by atoms with E-state index in [0.29, 0.717) is 11.3 Å². The van der Waals surface area contributed by atoms with Crippen molar-refractivity contribution in [3.63, 3.8) is 0 Å². The largest absolute Gasteiger partial charge is 0.388 e. The van der Waals surface area contributed by atoms with Gasteiger partial charge in [-0.1, -0.05) is 12.8 Å². The molecule has 2 aliphatic carbocycles. The summed E-state index contributed by atoms with van der Waals surface area (Å²) >= 11 is 0. The molecule has 0 saturated heterocycles. The quantitative estimate of drug-likeness (QED) is 0.536. The van der Waals surface area contributed by atoms with Crippen LogP contribution in [0.2, 0.25) is 0 Å². The molecular weight excluding hydrogens is 198 g/mol. The van der Waals surface area contributed by atoms with E-state index in [2.05, 4.69) is 11.9 Å². The monoisotopic (exact) mass is 223 g/mol. The van der Waals surface area contributed by atoms with E-state index in [1.165, 1.54) is 45.1 Å². The Morgan fingerprint density at radius 2 is 2.00 bits per heavy atom. The van der Waals surface area contributed by atoms with Crippen molar-refractivity contribution in [3.8, 4) is 0 Å². The Balaban J connectivity index is 1.73. The molecule has 0 aromatic heterocycles. The number of rotatable bonds is 6. The summed E-state index contributed by atoms with van der Waals surface area (Å²) < 4.78 is 0. The molecule has 0 aromatic rings. The predicted molar refractivity (Wildman–Crippen MR) is 67.7 cm³/mol. The molecule has 2 saturated carbocycles. The van der Waals surface area contributed by atoms with Crippen molar-refractivity contribution in [2.75, 3.05) is 20.1 Å². The fraction of sp³-hybridized carbons (Fsp3) is 0.923. The van der Waals surface area contributed by atoms with Crippen molar-refractivity contribution in [2.24, 2.45) is 17.1 Å². The SMILES string of the molecule is CN(CC1CCCC1)CC1(CC(=N)N)CC1. The van der Waals surface area contributed by atoms with Crippen LogP contribution < -0.4 is 5.73 Å². The molecule has 0 bridgehead atoms. The molecule has 16 heavy (non-hydrogen) atoms. The van der Waals surface area contributed by atoms with Gasteiger partial charge in [0.15, 0.2) is 0 Å². The van der Waals surface area contributed by atoms with Gasteiger partial charge in [-0.3, -0.25) is 5.41 Å². The molecule has 2 rings (SSSR count). The minimum atomic E-state index is 0.367. The van der Waals surface area contributed by atoms with E-state index in [4.69, 9.17) is 11.1 Å². The number of nitrogens with two attached hydrogens (primary N) is 1.